The molecule has 0 radical (unpaired) electrons. The molecule has 1 aromatic carbocycles. The van der Waals surface area contributed by atoms with Gasteiger partial charge in [-0.15, -0.1) is 0 Å². The molecule has 1 aliphatic carbocycles. The minimum Gasteiger partial charge on any atom is -0.373 e. The highest BCUT2D eigenvalue weighted by Gasteiger charge is 2.34. The Morgan fingerprint density at radius 2 is 1.52 bits per heavy atom. The van der Waals surface area contributed by atoms with Crippen molar-refractivity contribution in [2.75, 3.05) is 18.8 Å². The Morgan fingerprint density at radius 1 is 0.939 bits per heavy atom. The molecule has 2 atom stereocenters. The fraction of sp³-hybridized carbons (Fsp3) is 0.760. The number of ether oxygens (including phenoxy) is 1. The van der Waals surface area contributed by atoms with E-state index in [1.54, 1.807) is 26.8 Å². The molecule has 2 fully saturated rings. The highest BCUT2D eigenvalue weighted by Crippen LogP contribution is 2.34. The summed E-state index contributed by atoms with van der Waals surface area (Å²) in [6.07, 6.45) is 5.64. The van der Waals surface area contributed by atoms with Crippen LogP contribution in [-0.2, 0) is 31.0 Å². The van der Waals surface area contributed by atoms with Crippen LogP contribution in [0.25, 0.3) is 0 Å². The number of nitrogens with zero attached hydrogens (tertiary/aromatic N) is 1. The summed E-state index contributed by atoms with van der Waals surface area (Å²) in [7, 11) is -6.61. The molecule has 1 saturated carbocycles. The highest BCUT2D eigenvalue weighted by atomic mass is 32.2. The molecule has 0 unspecified atom stereocenters. The van der Waals surface area contributed by atoms with E-state index in [0.717, 1.165) is 44.1 Å². The lowest BCUT2D eigenvalue weighted by Crippen LogP contribution is -2.48. The van der Waals surface area contributed by atoms with Crippen molar-refractivity contribution in [2.45, 2.75) is 95.0 Å². The smallest absolute Gasteiger partial charge is 0.243 e. The number of benzene rings is 1. The Bertz CT molecular complexity index is 995. The molecule has 8 heteroatoms. The van der Waals surface area contributed by atoms with Crippen LogP contribution in [0.5, 0.6) is 0 Å². The van der Waals surface area contributed by atoms with Crippen LogP contribution in [0.4, 0.5) is 0 Å². The first-order valence-corrected chi connectivity index (χ1v) is 15.3. The summed E-state index contributed by atoms with van der Waals surface area (Å²) in [5, 5.41) is 0. The molecule has 0 amide bonds. The zero-order chi connectivity index (χ0) is 24.4. The summed E-state index contributed by atoms with van der Waals surface area (Å²) < 4.78 is 57.9. The van der Waals surface area contributed by atoms with Crippen molar-refractivity contribution in [1.82, 2.24) is 4.31 Å². The lowest BCUT2D eigenvalue weighted by atomic mass is 9.80. The Hall–Kier alpha value is -0.960. The minimum absolute atomic E-state index is 0.111. The van der Waals surface area contributed by atoms with Gasteiger partial charge in [0, 0.05) is 13.1 Å². The van der Waals surface area contributed by atoms with E-state index in [0.29, 0.717) is 29.7 Å². The van der Waals surface area contributed by atoms with Gasteiger partial charge in [0.05, 0.1) is 27.6 Å². The number of hydrogen-bond acceptors (Lipinski definition) is 5. The largest absolute Gasteiger partial charge is 0.373 e. The topological polar surface area (TPSA) is 80.8 Å². The number of aryl methyl sites for hydroxylation is 1. The van der Waals surface area contributed by atoms with E-state index >= 15 is 0 Å². The normalized spacial score (nSPS) is 28.0. The molecule has 1 aliphatic heterocycles. The van der Waals surface area contributed by atoms with Gasteiger partial charge in [0.1, 0.15) is 0 Å². The molecule has 188 valence electrons. The van der Waals surface area contributed by atoms with E-state index in [1.165, 1.54) is 4.31 Å². The fourth-order valence-electron chi connectivity index (χ4n) is 4.96. The third kappa shape index (κ3) is 6.80. The third-order valence-corrected chi connectivity index (χ3v) is 11.7. The zero-order valence-electron chi connectivity index (χ0n) is 20.8. The maximum Gasteiger partial charge on any atom is 0.243 e. The summed E-state index contributed by atoms with van der Waals surface area (Å²) in [5.74, 6) is 1.12. The molecular weight excluding hydrogens is 458 g/mol. The van der Waals surface area contributed by atoms with Gasteiger partial charge in [0.15, 0.2) is 9.84 Å². The molecular formula is C25H41NO5S2. The molecule has 0 N–H and O–H groups in total. The van der Waals surface area contributed by atoms with Crippen LogP contribution in [0, 0.1) is 11.8 Å². The fourth-order valence-corrected chi connectivity index (χ4v) is 8.07. The number of hydrogen-bond donors (Lipinski definition) is 0. The quantitative estimate of drug-likeness (QED) is 0.554. The van der Waals surface area contributed by atoms with Crippen molar-refractivity contribution in [1.29, 1.82) is 0 Å². The van der Waals surface area contributed by atoms with E-state index in [2.05, 4.69) is 0 Å². The summed E-state index contributed by atoms with van der Waals surface area (Å²) in [5.41, 5.74) is 1.04. The van der Waals surface area contributed by atoms with E-state index in [-0.39, 0.29) is 18.1 Å². The molecule has 6 nitrogen and oxygen atoms in total. The Labute approximate surface area is 201 Å². The Kier molecular flexibility index (Phi) is 8.35. The predicted octanol–water partition coefficient (Wildman–Crippen LogP) is 4.44. The van der Waals surface area contributed by atoms with Crippen molar-refractivity contribution >= 4 is 19.9 Å². The molecule has 33 heavy (non-hydrogen) atoms. The van der Waals surface area contributed by atoms with Crippen molar-refractivity contribution in [2.24, 2.45) is 11.8 Å². The number of sulfone groups is 1. The van der Waals surface area contributed by atoms with Crippen LogP contribution in [0.15, 0.2) is 29.2 Å². The SMILES string of the molecule is C[C@@H]1CN(S(=O)(=O)c2cccc(CCC3CCC(CS(=O)(=O)C(C)(C)C)CC3)c2)C[C@H](C)O1. The lowest BCUT2D eigenvalue weighted by molar-refractivity contribution is -0.0440. The maximum atomic E-state index is 13.2. The standard InChI is InChI=1S/C25H41NO5S2/c1-19-16-26(17-20(2)31-19)33(29,30)24-8-6-7-22(15-24)12-9-21-10-13-23(14-11-21)18-32(27,28)25(3,4)5/h6-8,15,19-21,23H,9-14,16-18H2,1-5H3/t19-,20+,21?,23?. The highest BCUT2D eigenvalue weighted by molar-refractivity contribution is 7.92. The van der Waals surface area contributed by atoms with Crippen molar-refractivity contribution < 1.29 is 21.6 Å². The second-order valence-corrected chi connectivity index (χ2v) is 15.8. The monoisotopic (exact) mass is 499 g/mol. The molecule has 3 rings (SSSR count). The van der Waals surface area contributed by atoms with Gasteiger partial charge in [-0.05, 0) is 89.8 Å². The van der Waals surface area contributed by atoms with Gasteiger partial charge in [0.2, 0.25) is 10.0 Å². The molecule has 0 aromatic heterocycles. The van der Waals surface area contributed by atoms with Crippen molar-refractivity contribution in [3.05, 3.63) is 29.8 Å². The third-order valence-electron chi connectivity index (χ3n) is 7.12. The van der Waals surface area contributed by atoms with E-state index in [4.69, 9.17) is 4.74 Å². The van der Waals surface area contributed by atoms with Gasteiger partial charge in [-0.2, -0.15) is 4.31 Å². The van der Waals surface area contributed by atoms with Gasteiger partial charge in [-0.3, -0.25) is 0 Å². The number of rotatable bonds is 7. The average Bonchev–Trinajstić information content (AvgIpc) is 2.72. The van der Waals surface area contributed by atoms with Crippen molar-refractivity contribution in [3.63, 3.8) is 0 Å². The van der Waals surface area contributed by atoms with Crippen molar-refractivity contribution in [3.8, 4) is 0 Å². The molecule has 1 heterocycles. The first-order valence-electron chi connectivity index (χ1n) is 12.2. The Morgan fingerprint density at radius 3 is 2.09 bits per heavy atom. The average molecular weight is 500 g/mol. The van der Waals surface area contributed by atoms with Crippen LogP contribution in [0.3, 0.4) is 0 Å². The van der Waals surface area contributed by atoms with Gasteiger partial charge >= 0.3 is 0 Å². The zero-order valence-corrected chi connectivity index (χ0v) is 22.4. The first-order chi connectivity index (χ1) is 15.3. The minimum atomic E-state index is -3.53. The number of sulfonamides is 1. The van der Waals surface area contributed by atoms with Gasteiger partial charge in [-0.1, -0.05) is 25.0 Å². The molecule has 1 aromatic rings. The summed E-state index contributed by atoms with van der Waals surface area (Å²) >= 11 is 0. The second kappa shape index (κ2) is 10.3. The van der Waals surface area contributed by atoms with Crippen LogP contribution in [-0.4, -0.2) is 56.9 Å². The number of morpholine rings is 1. The van der Waals surface area contributed by atoms with E-state index in [9.17, 15) is 16.8 Å². The summed E-state index contributed by atoms with van der Waals surface area (Å²) in [4.78, 5) is 0.359. The van der Waals surface area contributed by atoms with Gasteiger partial charge in [0.25, 0.3) is 0 Å². The van der Waals surface area contributed by atoms with Crippen LogP contribution >= 0.6 is 0 Å². The molecule has 1 saturated heterocycles. The van der Waals surface area contributed by atoms with Gasteiger partial charge in [-0.25, -0.2) is 16.8 Å². The molecule has 0 bridgehead atoms. The Balaban J connectivity index is 1.55. The molecule has 0 spiro atoms. The maximum absolute atomic E-state index is 13.2. The van der Waals surface area contributed by atoms with Crippen LogP contribution in [0.1, 0.15) is 72.3 Å². The first kappa shape index (κ1) is 26.6. The summed E-state index contributed by atoms with van der Waals surface area (Å²) in [6.45, 7) is 9.91. The van der Waals surface area contributed by atoms with Crippen LogP contribution in [0.2, 0.25) is 0 Å². The van der Waals surface area contributed by atoms with Crippen LogP contribution < -0.4 is 0 Å². The lowest BCUT2D eigenvalue weighted by Gasteiger charge is -2.34. The van der Waals surface area contributed by atoms with E-state index in [1.807, 2.05) is 32.0 Å². The van der Waals surface area contributed by atoms with Gasteiger partial charge < -0.3 is 4.74 Å². The molecule has 2 aliphatic rings. The predicted molar refractivity (Wildman–Crippen MR) is 133 cm³/mol. The second-order valence-electron chi connectivity index (χ2n) is 11.0. The summed E-state index contributed by atoms with van der Waals surface area (Å²) in [6, 6.07) is 7.35. The van der Waals surface area contributed by atoms with E-state index < -0.39 is 24.6 Å².